The monoisotopic (exact) mass is 306 g/mol. The highest BCUT2D eigenvalue weighted by atomic mass is 79.9. The molecule has 5 heteroatoms. The topological polar surface area (TPSA) is 62.0 Å². The molecule has 0 fully saturated rings. The zero-order valence-corrected chi connectivity index (χ0v) is 11.0. The van der Waals surface area contributed by atoms with Crippen molar-refractivity contribution in [3.8, 4) is 0 Å². The van der Waals surface area contributed by atoms with E-state index < -0.39 is 0 Å². The molecule has 4 nitrogen and oxygen atoms in total. The van der Waals surface area contributed by atoms with Gasteiger partial charge >= 0.3 is 0 Å². The van der Waals surface area contributed by atoms with Crippen LogP contribution < -0.4 is 10.7 Å². The van der Waals surface area contributed by atoms with Gasteiger partial charge in [-0.3, -0.25) is 9.59 Å². The molecule has 0 aliphatic carbocycles. The smallest absolute Gasteiger partial charge is 0.257 e. The third kappa shape index (κ3) is 3.07. The van der Waals surface area contributed by atoms with E-state index in [-0.39, 0.29) is 16.9 Å². The molecular weight excluding hydrogens is 296 g/mol. The number of nitrogens with one attached hydrogen (secondary N) is 2. The summed E-state index contributed by atoms with van der Waals surface area (Å²) < 4.78 is 0.951. The first-order chi connectivity index (χ1) is 8.66. The van der Waals surface area contributed by atoms with E-state index in [1.165, 1.54) is 18.5 Å². The van der Waals surface area contributed by atoms with E-state index in [2.05, 4.69) is 26.2 Å². The highest BCUT2D eigenvalue weighted by Crippen LogP contribution is 2.11. The number of H-pyrrole nitrogens is 1. The molecule has 0 aliphatic heterocycles. The molecule has 0 saturated heterocycles. The number of halogens is 1. The summed E-state index contributed by atoms with van der Waals surface area (Å²) in [4.78, 5) is 25.9. The molecule has 0 unspecified atom stereocenters. The first kappa shape index (κ1) is 12.6. The average molecular weight is 307 g/mol. The van der Waals surface area contributed by atoms with Crippen molar-refractivity contribution in [1.82, 2.24) is 10.3 Å². The predicted octanol–water partition coefficient (Wildman–Crippen LogP) is 2.07. The summed E-state index contributed by atoms with van der Waals surface area (Å²) in [6.07, 6.45) is 2.89. The minimum atomic E-state index is -0.378. The minimum Gasteiger partial charge on any atom is -0.367 e. The Labute approximate surface area is 112 Å². The molecule has 2 N–H and O–H groups in total. The van der Waals surface area contributed by atoms with Crippen LogP contribution in [0.15, 0.2) is 52.0 Å². The lowest BCUT2D eigenvalue weighted by atomic mass is 10.2. The van der Waals surface area contributed by atoms with Gasteiger partial charge in [0.1, 0.15) is 5.56 Å². The van der Waals surface area contributed by atoms with E-state index in [1.54, 1.807) is 0 Å². The number of benzene rings is 1. The van der Waals surface area contributed by atoms with Crippen LogP contribution in [0.3, 0.4) is 0 Å². The van der Waals surface area contributed by atoms with Gasteiger partial charge in [0.25, 0.3) is 5.91 Å². The maximum absolute atomic E-state index is 11.8. The van der Waals surface area contributed by atoms with Crippen molar-refractivity contribution in [2.45, 2.75) is 6.54 Å². The van der Waals surface area contributed by atoms with Crippen molar-refractivity contribution in [2.24, 2.45) is 0 Å². The van der Waals surface area contributed by atoms with Gasteiger partial charge in [0.05, 0.1) is 0 Å². The van der Waals surface area contributed by atoms with E-state index in [4.69, 9.17) is 0 Å². The summed E-state index contributed by atoms with van der Waals surface area (Å²) in [6, 6.07) is 8.94. The second-order valence-electron chi connectivity index (χ2n) is 3.73. The van der Waals surface area contributed by atoms with E-state index in [1.807, 2.05) is 24.3 Å². The number of carbonyl (C=O) groups is 1. The molecule has 0 aliphatic rings. The van der Waals surface area contributed by atoms with Gasteiger partial charge in [-0.25, -0.2) is 0 Å². The Bertz CT molecular complexity index is 622. The van der Waals surface area contributed by atoms with Crippen LogP contribution in [0.25, 0.3) is 0 Å². The van der Waals surface area contributed by atoms with Crippen molar-refractivity contribution in [3.05, 3.63) is 68.5 Å². The fourth-order valence-corrected chi connectivity index (χ4v) is 1.96. The van der Waals surface area contributed by atoms with Crippen molar-refractivity contribution in [1.29, 1.82) is 0 Å². The third-order valence-corrected chi connectivity index (χ3v) is 2.90. The summed E-state index contributed by atoms with van der Waals surface area (Å²) in [5.74, 6) is -0.378. The van der Waals surface area contributed by atoms with Crippen LogP contribution in [0, 0.1) is 0 Å². The Morgan fingerprint density at radius 2 is 2.17 bits per heavy atom. The van der Waals surface area contributed by atoms with E-state index >= 15 is 0 Å². The lowest BCUT2D eigenvalue weighted by Gasteiger charge is -2.05. The highest BCUT2D eigenvalue weighted by molar-refractivity contribution is 9.10. The zero-order valence-electron chi connectivity index (χ0n) is 9.44. The molecule has 1 aromatic heterocycles. The number of aromatic nitrogens is 1. The van der Waals surface area contributed by atoms with Gasteiger partial charge < -0.3 is 10.3 Å². The molecule has 0 bridgehead atoms. The summed E-state index contributed by atoms with van der Waals surface area (Å²) in [5.41, 5.74) is 0.790. The van der Waals surface area contributed by atoms with Gasteiger partial charge in [-0.15, -0.1) is 0 Å². The number of pyridine rings is 1. The third-order valence-electron chi connectivity index (χ3n) is 2.41. The Kier molecular flexibility index (Phi) is 3.94. The maximum Gasteiger partial charge on any atom is 0.257 e. The van der Waals surface area contributed by atoms with E-state index in [0.29, 0.717) is 6.54 Å². The zero-order chi connectivity index (χ0) is 13.0. The van der Waals surface area contributed by atoms with Crippen LogP contribution in [-0.4, -0.2) is 10.9 Å². The van der Waals surface area contributed by atoms with Gasteiger partial charge in [0.2, 0.25) is 0 Å². The fourth-order valence-electron chi connectivity index (χ4n) is 1.52. The quantitative estimate of drug-likeness (QED) is 0.912. The van der Waals surface area contributed by atoms with Crippen molar-refractivity contribution < 1.29 is 4.79 Å². The molecule has 1 heterocycles. The lowest BCUT2D eigenvalue weighted by Crippen LogP contribution is -2.27. The largest absolute Gasteiger partial charge is 0.367 e. The molecular formula is C13H11BrN2O2. The summed E-state index contributed by atoms with van der Waals surface area (Å²) in [7, 11) is 0. The molecule has 2 rings (SSSR count). The highest BCUT2D eigenvalue weighted by Gasteiger charge is 2.08. The van der Waals surface area contributed by atoms with Gasteiger partial charge in [-0.2, -0.15) is 0 Å². The Morgan fingerprint density at radius 3 is 2.89 bits per heavy atom. The van der Waals surface area contributed by atoms with Crippen molar-refractivity contribution >= 4 is 21.8 Å². The predicted molar refractivity (Wildman–Crippen MR) is 72.4 cm³/mol. The van der Waals surface area contributed by atoms with Crippen LogP contribution in [0.5, 0.6) is 0 Å². The van der Waals surface area contributed by atoms with E-state index in [9.17, 15) is 9.59 Å². The maximum atomic E-state index is 11.8. The van der Waals surface area contributed by atoms with Crippen LogP contribution in [-0.2, 0) is 6.54 Å². The van der Waals surface area contributed by atoms with Crippen LogP contribution in [0.4, 0.5) is 0 Å². The summed E-state index contributed by atoms with van der Waals surface area (Å²) in [6.45, 7) is 0.382. The normalized spacial score (nSPS) is 10.1. The number of hydrogen-bond acceptors (Lipinski definition) is 2. The molecule has 0 saturated carbocycles. The summed E-state index contributed by atoms with van der Waals surface area (Å²) >= 11 is 3.36. The first-order valence-electron chi connectivity index (χ1n) is 5.36. The summed E-state index contributed by atoms with van der Waals surface area (Å²) in [5, 5.41) is 2.70. The molecule has 0 atom stereocenters. The van der Waals surface area contributed by atoms with Crippen molar-refractivity contribution in [3.63, 3.8) is 0 Å². The number of rotatable bonds is 3. The standard InChI is InChI=1S/C13H11BrN2O2/c14-10-3-1-2-9(6-10)7-16-13(18)11-8-15-5-4-12(11)17/h1-6,8H,7H2,(H,15,17)(H,16,18). The Balaban J connectivity index is 2.05. The molecule has 1 aromatic carbocycles. The van der Waals surface area contributed by atoms with Gasteiger partial charge in [0, 0.05) is 29.5 Å². The Morgan fingerprint density at radius 1 is 1.33 bits per heavy atom. The number of hydrogen-bond donors (Lipinski definition) is 2. The molecule has 0 radical (unpaired) electrons. The Hall–Kier alpha value is -1.88. The molecule has 92 valence electrons. The molecule has 1 amide bonds. The minimum absolute atomic E-state index is 0.118. The average Bonchev–Trinajstić information content (AvgIpc) is 2.37. The first-order valence-corrected chi connectivity index (χ1v) is 6.16. The van der Waals surface area contributed by atoms with Crippen molar-refractivity contribution in [2.75, 3.05) is 0 Å². The number of amides is 1. The van der Waals surface area contributed by atoms with Crippen LogP contribution >= 0.6 is 15.9 Å². The lowest BCUT2D eigenvalue weighted by molar-refractivity contribution is 0.0949. The van der Waals surface area contributed by atoms with Gasteiger partial charge in [0.15, 0.2) is 5.43 Å². The van der Waals surface area contributed by atoms with Crippen LogP contribution in [0.1, 0.15) is 15.9 Å². The van der Waals surface area contributed by atoms with E-state index in [0.717, 1.165) is 10.0 Å². The second-order valence-corrected chi connectivity index (χ2v) is 4.65. The SMILES string of the molecule is O=C(NCc1cccc(Br)c1)c1c[nH]ccc1=O. The molecule has 18 heavy (non-hydrogen) atoms. The number of aromatic amines is 1. The molecule has 2 aromatic rings. The fraction of sp³-hybridized carbons (Fsp3) is 0.0769. The van der Waals surface area contributed by atoms with Crippen LogP contribution in [0.2, 0.25) is 0 Å². The molecule has 0 spiro atoms. The second kappa shape index (κ2) is 5.64. The van der Waals surface area contributed by atoms with Gasteiger partial charge in [-0.05, 0) is 17.7 Å². The number of carbonyl (C=O) groups excluding carboxylic acids is 1. The van der Waals surface area contributed by atoms with Gasteiger partial charge in [-0.1, -0.05) is 28.1 Å².